The third-order valence-corrected chi connectivity index (χ3v) is 5.89. The van der Waals surface area contributed by atoms with Gasteiger partial charge in [0.15, 0.2) is 0 Å². The van der Waals surface area contributed by atoms with Gasteiger partial charge in [0.25, 0.3) is 0 Å². The van der Waals surface area contributed by atoms with Gasteiger partial charge < -0.3 is 16.0 Å². The van der Waals surface area contributed by atoms with Gasteiger partial charge in [-0.2, -0.15) is 0 Å². The van der Waals surface area contributed by atoms with Crippen LogP contribution in [0.25, 0.3) is 0 Å². The van der Waals surface area contributed by atoms with Crippen molar-refractivity contribution in [2.45, 2.75) is 57.5 Å². The van der Waals surface area contributed by atoms with Crippen molar-refractivity contribution in [1.82, 2.24) is 25.1 Å². The van der Waals surface area contributed by atoms with Crippen LogP contribution in [0, 0.1) is 5.92 Å². The second kappa shape index (κ2) is 9.82. The molecule has 1 aromatic rings. The maximum Gasteiger partial charge on any atom is 0.242 e. The van der Waals surface area contributed by atoms with E-state index in [1.165, 1.54) is 19.3 Å². The SMILES string of the molecule is CN(Cc1nccc(N)n1)[C@H]1CCN(C(=O)CNC(=O)CC2CCCCC2)C1. The lowest BCUT2D eigenvalue weighted by Crippen LogP contribution is -2.41. The van der Waals surface area contributed by atoms with E-state index in [9.17, 15) is 9.59 Å². The number of rotatable bonds is 7. The number of hydrogen-bond acceptors (Lipinski definition) is 6. The van der Waals surface area contributed by atoms with Crippen molar-refractivity contribution in [2.75, 3.05) is 32.4 Å². The summed E-state index contributed by atoms with van der Waals surface area (Å²) in [5.74, 6) is 1.63. The number of carbonyl (C=O) groups excluding carboxylic acids is 2. The maximum atomic E-state index is 12.5. The first kappa shape index (κ1) is 20.5. The van der Waals surface area contributed by atoms with Crippen LogP contribution in [0.3, 0.4) is 0 Å². The van der Waals surface area contributed by atoms with Crippen LogP contribution in [0.1, 0.15) is 50.8 Å². The number of nitrogen functional groups attached to an aromatic ring is 1. The second-order valence-electron chi connectivity index (χ2n) is 8.08. The maximum absolute atomic E-state index is 12.5. The molecule has 8 heteroatoms. The highest BCUT2D eigenvalue weighted by Gasteiger charge is 2.29. The number of nitrogens with zero attached hydrogens (tertiary/aromatic N) is 4. The van der Waals surface area contributed by atoms with Crippen LogP contribution >= 0.6 is 0 Å². The molecule has 28 heavy (non-hydrogen) atoms. The molecule has 1 aliphatic heterocycles. The van der Waals surface area contributed by atoms with Crippen molar-refractivity contribution in [2.24, 2.45) is 5.92 Å². The summed E-state index contributed by atoms with van der Waals surface area (Å²) in [6.07, 6.45) is 9.12. The van der Waals surface area contributed by atoms with Gasteiger partial charge in [0, 0.05) is 31.7 Å². The lowest BCUT2D eigenvalue weighted by atomic mass is 9.87. The number of aromatic nitrogens is 2. The molecule has 3 rings (SSSR count). The number of nitrogens with one attached hydrogen (secondary N) is 1. The highest BCUT2D eigenvalue weighted by atomic mass is 16.2. The van der Waals surface area contributed by atoms with Gasteiger partial charge in [0.1, 0.15) is 11.6 Å². The quantitative estimate of drug-likeness (QED) is 0.727. The molecule has 0 aromatic carbocycles. The Morgan fingerprint density at radius 3 is 2.82 bits per heavy atom. The monoisotopic (exact) mass is 388 g/mol. The standard InChI is InChI=1S/C20H32N6O2/c1-25(14-18-22-9-7-17(21)24-18)16-8-10-26(13-16)20(28)12-23-19(27)11-15-5-3-2-4-6-15/h7,9,15-16H,2-6,8,10-14H2,1H3,(H,23,27)(H2,21,22,24)/t16-/m0/s1. The molecule has 0 bridgehead atoms. The molecule has 1 aromatic heterocycles. The predicted molar refractivity (Wildman–Crippen MR) is 107 cm³/mol. The molecule has 3 N–H and O–H groups in total. The van der Waals surface area contributed by atoms with Crippen LogP contribution in [0.2, 0.25) is 0 Å². The van der Waals surface area contributed by atoms with Crippen molar-refractivity contribution in [3.05, 3.63) is 18.1 Å². The molecule has 0 radical (unpaired) electrons. The van der Waals surface area contributed by atoms with Gasteiger partial charge >= 0.3 is 0 Å². The molecule has 2 heterocycles. The van der Waals surface area contributed by atoms with Crippen LogP contribution in [-0.4, -0.2) is 64.3 Å². The Kier molecular flexibility index (Phi) is 7.19. The van der Waals surface area contributed by atoms with E-state index in [-0.39, 0.29) is 24.4 Å². The minimum Gasteiger partial charge on any atom is -0.384 e. The fraction of sp³-hybridized carbons (Fsp3) is 0.700. The lowest BCUT2D eigenvalue weighted by molar-refractivity contribution is -0.132. The van der Waals surface area contributed by atoms with E-state index in [4.69, 9.17) is 5.73 Å². The molecular formula is C20H32N6O2. The van der Waals surface area contributed by atoms with E-state index in [2.05, 4.69) is 20.2 Å². The Bertz CT molecular complexity index is 676. The summed E-state index contributed by atoms with van der Waals surface area (Å²) in [6.45, 7) is 2.07. The smallest absolute Gasteiger partial charge is 0.242 e. The summed E-state index contributed by atoms with van der Waals surface area (Å²) >= 11 is 0. The normalized spacial score (nSPS) is 20.5. The average Bonchev–Trinajstić information content (AvgIpc) is 3.17. The molecule has 1 atom stereocenters. The zero-order valence-corrected chi connectivity index (χ0v) is 16.8. The van der Waals surface area contributed by atoms with Crippen molar-refractivity contribution in [3.63, 3.8) is 0 Å². The zero-order chi connectivity index (χ0) is 19.9. The number of likely N-dealkylation sites (N-methyl/N-ethyl adjacent to an activating group) is 1. The van der Waals surface area contributed by atoms with Crippen LogP contribution in [-0.2, 0) is 16.1 Å². The van der Waals surface area contributed by atoms with E-state index in [0.717, 1.165) is 19.3 Å². The molecule has 1 saturated carbocycles. The Balaban J connectivity index is 1.39. The van der Waals surface area contributed by atoms with Crippen molar-refractivity contribution in [3.8, 4) is 0 Å². The van der Waals surface area contributed by atoms with Gasteiger partial charge in [-0.05, 0) is 38.3 Å². The molecule has 1 aliphatic carbocycles. The van der Waals surface area contributed by atoms with Crippen molar-refractivity contribution in [1.29, 1.82) is 0 Å². The summed E-state index contributed by atoms with van der Waals surface area (Å²) in [6, 6.07) is 1.93. The number of hydrogen-bond donors (Lipinski definition) is 2. The van der Waals surface area contributed by atoms with Crippen LogP contribution < -0.4 is 11.1 Å². The van der Waals surface area contributed by atoms with Gasteiger partial charge in [0.2, 0.25) is 11.8 Å². The molecule has 8 nitrogen and oxygen atoms in total. The molecule has 2 amide bonds. The van der Waals surface area contributed by atoms with E-state index in [1.807, 2.05) is 11.9 Å². The van der Waals surface area contributed by atoms with E-state index in [1.54, 1.807) is 12.3 Å². The number of nitrogens with two attached hydrogens (primary N) is 1. The fourth-order valence-electron chi connectivity index (χ4n) is 4.18. The second-order valence-corrected chi connectivity index (χ2v) is 8.08. The molecule has 0 spiro atoms. The van der Waals surface area contributed by atoms with Gasteiger partial charge in [-0.25, -0.2) is 9.97 Å². The first-order valence-electron chi connectivity index (χ1n) is 10.3. The minimum atomic E-state index is -0.00639. The Hall–Kier alpha value is -2.22. The van der Waals surface area contributed by atoms with Crippen molar-refractivity contribution >= 4 is 17.6 Å². The molecule has 2 aliphatic rings. The topological polar surface area (TPSA) is 104 Å². The van der Waals surface area contributed by atoms with E-state index < -0.39 is 0 Å². The largest absolute Gasteiger partial charge is 0.384 e. The molecule has 1 saturated heterocycles. The third kappa shape index (κ3) is 5.89. The number of anilines is 1. The van der Waals surface area contributed by atoms with Gasteiger partial charge in [0.05, 0.1) is 13.1 Å². The first-order chi connectivity index (χ1) is 13.5. The first-order valence-corrected chi connectivity index (χ1v) is 10.3. The summed E-state index contributed by atoms with van der Waals surface area (Å²) in [4.78, 5) is 37.0. The highest BCUT2D eigenvalue weighted by Crippen LogP contribution is 2.26. The minimum absolute atomic E-state index is 0.00639. The predicted octanol–water partition coefficient (Wildman–Crippen LogP) is 1.18. The summed E-state index contributed by atoms with van der Waals surface area (Å²) < 4.78 is 0. The molecular weight excluding hydrogens is 356 g/mol. The molecule has 2 fully saturated rings. The molecule has 154 valence electrons. The fourth-order valence-corrected chi connectivity index (χ4v) is 4.18. The summed E-state index contributed by atoms with van der Waals surface area (Å²) in [5, 5.41) is 2.82. The van der Waals surface area contributed by atoms with Crippen LogP contribution in [0.4, 0.5) is 5.82 Å². The molecule has 0 unspecified atom stereocenters. The van der Waals surface area contributed by atoms with E-state index in [0.29, 0.717) is 43.6 Å². The van der Waals surface area contributed by atoms with Crippen molar-refractivity contribution < 1.29 is 9.59 Å². The van der Waals surface area contributed by atoms with Gasteiger partial charge in [-0.3, -0.25) is 14.5 Å². The van der Waals surface area contributed by atoms with Crippen LogP contribution in [0.5, 0.6) is 0 Å². The average molecular weight is 389 g/mol. The number of carbonyl (C=O) groups is 2. The van der Waals surface area contributed by atoms with Crippen LogP contribution in [0.15, 0.2) is 12.3 Å². The van der Waals surface area contributed by atoms with Gasteiger partial charge in [-0.15, -0.1) is 0 Å². The van der Waals surface area contributed by atoms with E-state index >= 15 is 0 Å². The zero-order valence-electron chi connectivity index (χ0n) is 16.8. The van der Waals surface area contributed by atoms with Gasteiger partial charge in [-0.1, -0.05) is 19.3 Å². The Morgan fingerprint density at radius 1 is 1.29 bits per heavy atom. The third-order valence-electron chi connectivity index (χ3n) is 5.89. The highest BCUT2D eigenvalue weighted by molar-refractivity contribution is 5.85. The summed E-state index contributed by atoms with van der Waals surface area (Å²) in [7, 11) is 2.01. The number of likely N-dealkylation sites (tertiary alicyclic amines) is 1. The summed E-state index contributed by atoms with van der Waals surface area (Å²) in [5.41, 5.74) is 5.71. The Labute approximate surface area is 166 Å². The number of amides is 2. The lowest BCUT2D eigenvalue weighted by Gasteiger charge is -2.24. The Morgan fingerprint density at radius 2 is 2.07 bits per heavy atom.